The molecule has 2 N–H and O–H groups in total. The lowest BCUT2D eigenvalue weighted by molar-refractivity contribution is 0.177. The van der Waals surface area contributed by atoms with Crippen molar-refractivity contribution in [1.29, 1.82) is 0 Å². The van der Waals surface area contributed by atoms with E-state index in [1.165, 1.54) is 11.3 Å². The van der Waals surface area contributed by atoms with Crippen LogP contribution in [0, 0.1) is 0 Å². The number of para-hydroxylation sites is 1. The molecule has 5 nitrogen and oxygen atoms in total. The molecule has 1 aliphatic heterocycles. The van der Waals surface area contributed by atoms with Crippen molar-refractivity contribution in [2.75, 3.05) is 37.7 Å². The van der Waals surface area contributed by atoms with E-state index in [1.807, 2.05) is 6.92 Å². The quantitative estimate of drug-likeness (QED) is 0.808. The van der Waals surface area contributed by atoms with E-state index in [0.717, 1.165) is 19.4 Å². The number of anilines is 1. The lowest BCUT2D eigenvalue weighted by Crippen LogP contribution is -2.47. The topological polar surface area (TPSA) is 55.8 Å². The molecule has 5 heteroatoms. The van der Waals surface area contributed by atoms with Gasteiger partial charge in [-0.15, -0.1) is 0 Å². The first kappa shape index (κ1) is 16.6. The van der Waals surface area contributed by atoms with Crippen molar-refractivity contribution in [2.24, 2.45) is 0 Å². The van der Waals surface area contributed by atoms with Gasteiger partial charge in [0.25, 0.3) is 0 Å². The molecule has 1 aromatic rings. The maximum Gasteiger partial charge on any atom is 0.317 e. The van der Waals surface area contributed by atoms with Crippen LogP contribution in [0.5, 0.6) is 0 Å². The lowest BCUT2D eigenvalue weighted by Gasteiger charge is -2.29. The van der Waals surface area contributed by atoms with Crippen LogP contribution in [-0.4, -0.2) is 54.9 Å². The van der Waals surface area contributed by atoms with Crippen molar-refractivity contribution >= 4 is 11.7 Å². The monoisotopic (exact) mass is 305 g/mol. The molecule has 0 bridgehead atoms. The van der Waals surface area contributed by atoms with Crippen LogP contribution in [0.1, 0.15) is 25.8 Å². The predicted octanol–water partition coefficient (Wildman–Crippen LogP) is 1.85. The lowest BCUT2D eigenvalue weighted by atomic mass is 10.2. The van der Waals surface area contributed by atoms with Gasteiger partial charge < -0.3 is 20.2 Å². The molecule has 1 heterocycles. The summed E-state index contributed by atoms with van der Waals surface area (Å²) in [6.45, 7) is 6.85. The number of fused-ring (bicyclic) bond motifs is 1. The molecule has 122 valence electrons. The van der Waals surface area contributed by atoms with Crippen LogP contribution in [0.2, 0.25) is 0 Å². The molecule has 0 spiro atoms. The minimum Gasteiger partial charge on any atom is -0.395 e. The van der Waals surface area contributed by atoms with Crippen molar-refractivity contribution in [3.8, 4) is 0 Å². The number of hydrogen-bond acceptors (Lipinski definition) is 3. The van der Waals surface area contributed by atoms with E-state index in [0.29, 0.717) is 19.6 Å². The zero-order chi connectivity index (χ0) is 15.9. The van der Waals surface area contributed by atoms with Gasteiger partial charge in [0.2, 0.25) is 0 Å². The standard InChI is InChI=1S/C17H27N3O2/c1-3-9-19(11-12-21)17(22)18-13-14(2)20-10-8-15-6-4-5-7-16(15)20/h4-7,14,21H,3,8-13H2,1-2H3,(H,18,22). The maximum atomic E-state index is 12.2. The zero-order valence-electron chi connectivity index (χ0n) is 13.6. The third kappa shape index (κ3) is 3.91. The number of carbonyl (C=O) groups is 1. The van der Waals surface area contributed by atoms with Crippen molar-refractivity contribution in [3.05, 3.63) is 29.8 Å². The number of urea groups is 1. The number of aliphatic hydroxyl groups is 1. The summed E-state index contributed by atoms with van der Waals surface area (Å²) in [5.41, 5.74) is 2.67. The third-order valence-electron chi connectivity index (χ3n) is 4.15. The van der Waals surface area contributed by atoms with Gasteiger partial charge in [0.15, 0.2) is 0 Å². The van der Waals surface area contributed by atoms with Gasteiger partial charge in [0, 0.05) is 37.9 Å². The molecule has 2 rings (SSSR count). The molecule has 0 saturated heterocycles. The molecule has 0 aromatic heterocycles. The molecular weight excluding hydrogens is 278 g/mol. The summed E-state index contributed by atoms with van der Waals surface area (Å²) in [7, 11) is 0. The van der Waals surface area contributed by atoms with Crippen LogP contribution in [0.3, 0.4) is 0 Å². The van der Waals surface area contributed by atoms with Gasteiger partial charge >= 0.3 is 6.03 Å². The van der Waals surface area contributed by atoms with Gasteiger partial charge in [0.1, 0.15) is 0 Å². The van der Waals surface area contributed by atoms with E-state index in [2.05, 4.69) is 41.4 Å². The van der Waals surface area contributed by atoms with Crippen molar-refractivity contribution < 1.29 is 9.90 Å². The first-order valence-electron chi connectivity index (χ1n) is 8.15. The molecule has 1 unspecified atom stereocenters. The van der Waals surface area contributed by atoms with Gasteiger partial charge in [-0.1, -0.05) is 25.1 Å². The molecule has 2 amide bonds. The first-order valence-corrected chi connectivity index (χ1v) is 8.15. The average molecular weight is 305 g/mol. The summed E-state index contributed by atoms with van der Waals surface area (Å²) < 4.78 is 0. The summed E-state index contributed by atoms with van der Waals surface area (Å²) in [6.07, 6.45) is 1.96. The second-order valence-electron chi connectivity index (χ2n) is 5.82. The fourth-order valence-corrected chi connectivity index (χ4v) is 2.98. The van der Waals surface area contributed by atoms with Crippen LogP contribution in [0.25, 0.3) is 0 Å². The van der Waals surface area contributed by atoms with Gasteiger partial charge in [-0.05, 0) is 31.4 Å². The zero-order valence-corrected chi connectivity index (χ0v) is 13.6. The molecule has 0 fully saturated rings. The van der Waals surface area contributed by atoms with Crippen LogP contribution in [-0.2, 0) is 6.42 Å². The number of amides is 2. The van der Waals surface area contributed by atoms with E-state index in [4.69, 9.17) is 5.11 Å². The summed E-state index contributed by atoms with van der Waals surface area (Å²) in [6, 6.07) is 8.63. The van der Waals surface area contributed by atoms with Gasteiger partial charge in [-0.3, -0.25) is 0 Å². The molecule has 0 saturated carbocycles. The highest BCUT2D eigenvalue weighted by molar-refractivity contribution is 5.74. The maximum absolute atomic E-state index is 12.2. The SMILES string of the molecule is CCCN(CCO)C(=O)NCC(C)N1CCc2ccccc21. The highest BCUT2D eigenvalue weighted by atomic mass is 16.3. The van der Waals surface area contributed by atoms with Crippen molar-refractivity contribution in [1.82, 2.24) is 10.2 Å². The Morgan fingerprint density at radius 1 is 1.41 bits per heavy atom. The predicted molar refractivity (Wildman–Crippen MR) is 89.3 cm³/mol. The van der Waals surface area contributed by atoms with Crippen LogP contribution in [0.15, 0.2) is 24.3 Å². The number of nitrogens with one attached hydrogen (secondary N) is 1. The smallest absolute Gasteiger partial charge is 0.317 e. The van der Waals surface area contributed by atoms with Gasteiger partial charge in [-0.2, -0.15) is 0 Å². The molecule has 0 radical (unpaired) electrons. The normalized spacial score (nSPS) is 14.6. The Bertz CT molecular complexity index is 487. The van der Waals surface area contributed by atoms with Gasteiger partial charge in [0.05, 0.1) is 6.61 Å². The number of benzene rings is 1. The molecular formula is C17H27N3O2. The van der Waals surface area contributed by atoms with Crippen LogP contribution < -0.4 is 10.2 Å². The largest absolute Gasteiger partial charge is 0.395 e. The molecule has 1 atom stereocenters. The first-order chi connectivity index (χ1) is 10.7. The Morgan fingerprint density at radius 3 is 2.91 bits per heavy atom. The third-order valence-corrected chi connectivity index (χ3v) is 4.15. The Balaban J connectivity index is 1.87. The molecule has 1 aliphatic rings. The molecule has 22 heavy (non-hydrogen) atoms. The fourth-order valence-electron chi connectivity index (χ4n) is 2.98. The van der Waals surface area contributed by atoms with Crippen molar-refractivity contribution in [3.63, 3.8) is 0 Å². The minimum absolute atomic E-state index is 0.00245. The second-order valence-corrected chi connectivity index (χ2v) is 5.82. The Hall–Kier alpha value is -1.75. The van der Waals surface area contributed by atoms with Crippen LogP contribution >= 0.6 is 0 Å². The van der Waals surface area contributed by atoms with E-state index >= 15 is 0 Å². The number of nitrogens with zero attached hydrogens (tertiary/aromatic N) is 2. The summed E-state index contributed by atoms with van der Waals surface area (Å²) >= 11 is 0. The number of aliphatic hydroxyl groups excluding tert-OH is 1. The minimum atomic E-state index is -0.0877. The fraction of sp³-hybridized carbons (Fsp3) is 0.588. The van der Waals surface area contributed by atoms with Crippen molar-refractivity contribution in [2.45, 2.75) is 32.7 Å². The summed E-state index contributed by atoms with van der Waals surface area (Å²) in [5.74, 6) is 0. The van der Waals surface area contributed by atoms with Gasteiger partial charge in [-0.25, -0.2) is 4.79 Å². The van der Waals surface area contributed by atoms with E-state index in [9.17, 15) is 4.79 Å². The van der Waals surface area contributed by atoms with Crippen LogP contribution in [0.4, 0.5) is 10.5 Å². The number of hydrogen-bond donors (Lipinski definition) is 2. The number of rotatable bonds is 7. The van der Waals surface area contributed by atoms with E-state index in [1.54, 1.807) is 4.90 Å². The van der Waals surface area contributed by atoms with E-state index in [-0.39, 0.29) is 18.7 Å². The Labute approximate surface area is 132 Å². The molecule has 0 aliphatic carbocycles. The highest BCUT2D eigenvalue weighted by Crippen LogP contribution is 2.28. The number of carbonyl (C=O) groups excluding carboxylic acids is 1. The van der Waals surface area contributed by atoms with E-state index < -0.39 is 0 Å². The second kappa shape index (κ2) is 8.03. The Morgan fingerprint density at radius 2 is 2.18 bits per heavy atom. The average Bonchev–Trinajstić information content (AvgIpc) is 2.96. The highest BCUT2D eigenvalue weighted by Gasteiger charge is 2.23. The Kier molecular flexibility index (Phi) is 6.07. The molecule has 1 aromatic carbocycles. The summed E-state index contributed by atoms with van der Waals surface area (Å²) in [4.78, 5) is 16.2. The summed E-state index contributed by atoms with van der Waals surface area (Å²) in [5, 5.41) is 12.0.